The van der Waals surface area contributed by atoms with E-state index in [1.807, 2.05) is 24.3 Å². The molecule has 1 saturated heterocycles. The topological polar surface area (TPSA) is 49.6 Å². The largest absolute Gasteiger partial charge is 0.369 e. The van der Waals surface area contributed by atoms with Crippen LogP contribution in [-0.4, -0.2) is 36.0 Å². The van der Waals surface area contributed by atoms with E-state index in [4.69, 9.17) is 11.6 Å². The molecule has 1 heterocycles. The van der Waals surface area contributed by atoms with Gasteiger partial charge in [0, 0.05) is 61.3 Å². The smallest absolute Gasteiger partial charge is 0.269 e. The molecule has 1 aliphatic heterocycles. The minimum absolute atomic E-state index is 0.129. The maximum atomic E-state index is 10.9. The van der Waals surface area contributed by atoms with Crippen molar-refractivity contribution in [2.24, 2.45) is 0 Å². The molecule has 0 aliphatic carbocycles. The quantitative estimate of drug-likeness (QED) is 0.230. The summed E-state index contributed by atoms with van der Waals surface area (Å²) in [5.41, 5.74) is 2.48. The molecular formula is C25H22ClN3O2. The van der Waals surface area contributed by atoms with E-state index in [0.717, 1.165) is 54.2 Å². The van der Waals surface area contributed by atoms with Crippen LogP contribution in [-0.2, 0) is 6.54 Å². The summed E-state index contributed by atoms with van der Waals surface area (Å²) >= 11 is 6.74. The molecule has 0 atom stereocenters. The van der Waals surface area contributed by atoms with E-state index in [1.165, 1.54) is 16.3 Å². The minimum Gasteiger partial charge on any atom is -0.369 e. The highest BCUT2D eigenvalue weighted by Gasteiger charge is 2.20. The van der Waals surface area contributed by atoms with Gasteiger partial charge in [-0.25, -0.2) is 0 Å². The predicted molar refractivity (Wildman–Crippen MR) is 127 cm³/mol. The van der Waals surface area contributed by atoms with E-state index in [0.29, 0.717) is 0 Å². The summed E-state index contributed by atoms with van der Waals surface area (Å²) in [6.45, 7) is 4.51. The number of nitrogens with zero attached hydrogens (tertiary/aromatic N) is 3. The van der Waals surface area contributed by atoms with E-state index in [-0.39, 0.29) is 10.6 Å². The Morgan fingerprint density at radius 1 is 0.774 bits per heavy atom. The molecule has 0 N–H and O–H groups in total. The van der Waals surface area contributed by atoms with Crippen molar-refractivity contribution in [3.63, 3.8) is 0 Å². The number of non-ortho nitro benzene ring substituents is 1. The van der Waals surface area contributed by atoms with Crippen LogP contribution in [0.5, 0.6) is 0 Å². The Morgan fingerprint density at radius 3 is 1.81 bits per heavy atom. The summed E-state index contributed by atoms with van der Waals surface area (Å²) in [4.78, 5) is 15.3. The molecular weight excluding hydrogens is 410 g/mol. The Hall–Kier alpha value is -3.15. The average Bonchev–Trinajstić information content (AvgIpc) is 2.82. The van der Waals surface area contributed by atoms with E-state index in [2.05, 4.69) is 46.2 Å². The number of halogens is 1. The lowest BCUT2D eigenvalue weighted by Gasteiger charge is -2.36. The Bertz CT molecular complexity index is 1210. The van der Waals surface area contributed by atoms with Crippen LogP contribution >= 0.6 is 11.6 Å². The first-order valence-electron chi connectivity index (χ1n) is 10.4. The summed E-state index contributed by atoms with van der Waals surface area (Å²) in [5, 5.41) is 16.3. The van der Waals surface area contributed by atoms with Gasteiger partial charge in [-0.1, -0.05) is 60.1 Å². The second-order valence-electron chi connectivity index (χ2n) is 7.92. The molecule has 0 radical (unpaired) electrons. The molecule has 0 unspecified atom stereocenters. The van der Waals surface area contributed by atoms with Crippen molar-refractivity contribution in [2.45, 2.75) is 6.54 Å². The lowest BCUT2D eigenvalue weighted by atomic mass is 9.96. The summed E-state index contributed by atoms with van der Waals surface area (Å²) in [6, 6.07) is 23.6. The summed E-state index contributed by atoms with van der Waals surface area (Å²) < 4.78 is 0. The standard InChI is InChI=1S/C25H22ClN3O2/c26-25-22-7-3-1-5-20(22)24(21-6-2-4-8-23(21)25)17-27-13-15-28(16-14-27)18-9-11-19(12-10-18)29(30)31/h1-12H,13-17H2. The van der Waals surface area contributed by atoms with Gasteiger partial charge in [0.2, 0.25) is 0 Å². The Balaban J connectivity index is 1.39. The van der Waals surface area contributed by atoms with E-state index >= 15 is 0 Å². The van der Waals surface area contributed by atoms with E-state index < -0.39 is 0 Å². The number of hydrogen-bond acceptors (Lipinski definition) is 4. The first-order valence-corrected chi connectivity index (χ1v) is 10.8. The average molecular weight is 432 g/mol. The lowest BCUT2D eigenvalue weighted by Crippen LogP contribution is -2.46. The number of anilines is 1. The molecule has 6 heteroatoms. The van der Waals surface area contributed by atoms with Crippen LogP contribution in [0.2, 0.25) is 5.02 Å². The monoisotopic (exact) mass is 431 g/mol. The molecule has 1 aliphatic rings. The third kappa shape index (κ3) is 3.71. The fourth-order valence-electron chi connectivity index (χ4n) is 4.51. The molecule has 4 aromatic rings. The lowest BCUT2D eigenvalue weighted by molar-refractivity contribution is -0.384. The van der Waals surface area contributed by atoms with Crippen LogP contribution in [0.4, 0.5) is 11.4 Å². The molecule has 5 nitrogen and oxygen atoms in total. The van der Waals surface area contributed by atoms with Gasteiger partial charge in [0.05, 0.1) is 9.95 Å². The summed E-state index contributed by atoms with van der Waals surface area (Å²) in [6.07, 6.45) is 0. The van der Waals surface area contributed by atoms with Crippen LogP contribution < -0.4 is 4.90 Å². The third-order valence-corrected chi connectivity index (χ3v) is 6.56. The predicted octanol–water partition coefficient (Wildman–Crippen LogP) is 5.88. The minimum atomic E-state index is -0.359. The van der Waals surface area contributed by atoms with Gasteiger partial charge in [0.25, 0.3) is 5.69 Å². The second kappa shape index (κ2) is 8.17. The number of rotatable bonds is 4. The Kier molecular flexibility index (Phi) is 5.22. The van der Waals surface area contributed by atoms with Crippen molar-refractivity contribution in [3.8, 4) is 0 Å². The van der Waals surface area contributed by atoms with Gasteiger partial charge >= 0.3 is 0 Å². The third-order valence-electron chi connectivity index (χ3n) is 6.16. The maximum absolute atomic E-state index is 10.9. The molecule has 4 aromatic carbocycles. The number of nitro benzene ring substituents is 1. The van der Waals surface area contributed by atoms with Crippen molar-refractivity contribution in [2.75, 3.05) is 31.1 Å². The fourth-order valence-corrected chi connectivity index (χ4v) is 4.84. The fraction of sp³-hybridized carbons (Fsp3) is 0.200. The molecule has 31 heavy (non-hydrogen) atoms. The van der Waals surface area contributed by atoms with Gasteiger partial charge in [0.1, 0.15) is 0 Å². The molecule has 0 amide bonds. The molecule has 1 fully saturated rings. The van der Waals surface area contributed by atoms with E-state index in [1.54, 1.807) is 12.1 Å². The molecule has 0 aromatic heterocycles. The zero-order valence-electron chi connectivity index (χ0n) is 17.0. The van der Waals surface area contributed by atoms with Crippen LogP contribution in [0.25, 0.3) is 21.5 Å². The first-order chi connectivity index (χ1) is 15.1. The number of fused-ring (bicyclic) bond motifs is 2. The first kappa shape index (κ1) is 19.8. The Labute approximate surface area is 185 Å². The van der Waals surface area contributed by atoms with Crippen LogP contribution in [0, 0.1) is 10.1 Å². The molecule has 0 saturated carbocycles. The maximum Gasteiger partial charge on any atom is 0.269 e. The van der Waals surface area contributed by atoms with Crippen molar-refractivity contribution >= 4 is 44.5 Å². The van der Waals surface area contributed by atoms with Gasteiger partial charge in [-0.2, -0.15) is 0 Å². The number of hydrogen-bond donors (Lipinski definition) is 0. The molecule has 0 spiro atoms. The highest BCUT2D eigenvalue weighted by atomic mass is 35.5. The zero-order valence-corrected chi connectivity index (χ0v) is 17.8. The van der Waals surface area contributed by atoms with Gasteiger partial charge in [-0.3, -0.25) is 15.0 Å². The van der Waals surface area contributed by atoms with Gasteiger partial charge in [-0.15, -0.1) is 0 Å². The highest BCUT2D eigenvalue weighted by Crippen LogP contribution is 2.36. The normalized spacial score (nSPS) is 14.9. The van der Waals surface area contributed by atoms with Crippen molar-refractivity contribution < 1.29 is 4.92 Å². The van der Waals surface area contributed by atoms with Gasteiger partial charge in [0.15, 0.2) is 0 Å². The highest BCUT2D eigenvalue weighted by molar-refractivity contribution is 6.41. The SMILES string of the molecule is O=[N+]([O-])c1ccc(N2CCN(Cc3c4ccccc4c(Cl)c4ccccc34)CC2)cc1. The zero-order chi connectivity index (χ0) is 21.4. The number of piperazine rings is 1. The van der Waals surface area contributed by atoms with Crippen LogP contribution in [0.15, 0.2) is 72.8 Å². The van der Waals surface area contributed by atoms with Gasteiger partial charge < -0.3 is 4.90 Å². The summed E-state index contributed by atoms with van der Waals surface area (Å²) in [5.74, 6) is 0. The number of nitro groups is 1. The Morgan fingerprint density at radius 2 is 1.29 bits per heavy atom. The van der Waals surface area contributed by atoms with Crippen molar-refractivity contribution in [1.29, 1.82) is 0 Å². The van der Waals surface area contributed by atoms with Crippen LogP contribution in [0.3, 0.4) is 0 Å². The molecule has 5 rings (SSSR count). The molecule has 156 valence electrons. The second-order valence-corrected chi connectivity index (χ2v) is 8.30. The van der Waals surface area contributed by atoms with Crippen molar-refractivity contribution in [3.05, 3.63) is 93.5 Å². The number of benzene rings is 4. The van der Waals surface area contributed by atoms with Crippen molar-refractivity contribution in [1.82, 2.24) is 4.90 Å². The summed E-state index contributed by atoms with van der Waals surface area (Å²) in [7, 11) is 0. The van der Waals surface area contributed by atoms with E-state index in [9.17, 15) is 10.1 Å². The van der Waals surface area contributed by atoms with Crippen LogP contribution in [0.1, 0.15) is 5.56 Å². The van der Waals surface area contributed by atoms with Gasteiger partial charge in [-0.05, 0) is 28.5 Å². The molecule has 0 bridgehead atoms.